The molecule has 1 aliphatic rings. The molecule has 8 rings (SSSR count). The number of halogens is 15. The molecule has 0 unspecified atom stereocenters. The highest BCUT2D eigenvalue weighted by molar-refractivity contribution is 6.01. The zero-order valence-corrected chi connectivity index (χ0v) is 28.6. The van der Waals surface area contributed by atoms with Gasteiger partial charge in [-0.2, -0.15) is 0 Å². The molecule has 0 radical (unpaired) electrons. The van der Waals surface area contributed by atoms with Crippen LogP contribution in [0.1, 0.15) is 11.4 Å². The number of benzene rings is 3. The standard InChI is InChI=1S/C39H15F15N4/c1-57-15-7-8-17(57)21(24-29(44)35(50)39(54)36(51)30(24)45)18-10-9-16(58(18)2)20(23-27(42)33(48)38(53)34(49)28(23)43)14-6-5-13(56-14)19(12-4-3-11(15)55-12)22-25(40)31(46)37(52)32(47)26(22)41/h3-10,56H,1-2H3. The summed E-state index contributed by atoms with van der Waals surface area (Å²) in [7, 11) is 2.26. The van der Waals surface area contributed by atoms with Crippen LogP contribution in [0, 0.1) is 87.3 Å². The normalized spacial score (nSPS) is 12.2. The van der Waals surface area contributed by atoms with Crippen LogP contribution in [-0.2, 0) is 14.1 Å². The Labute approximate surface area is 312 Å². The minimum atomic E-state index is -2.59. The molecule has 0 spiro atoms. The third kappa shape index (κ3) is 5.17. The Morgan fingerprint density at radius 1 is 0.328 bits per heavy atom. The fraction of sp³-hybridized carbons (Fsp3) is 0.0513. The van der Waals surface area contributed by atoms with Gasteiger partial charge in [0.25, 0.3) is 0 Å². The number of rotatable bonds is 3. The van der Waals surface area contributed by atoms with Crippen molar-refractivity contribution in [3.63, 3.8) is 0 Å². The number of aromatic nitrogens is 4. The average Bonchev–Trinajstić information content (AvgIpc) is 4.03. The number of hydrogen-bond acceptors (Lipinski definition) is 1. The molecule has 8 bridgehead atoms. The number of nitrogens with one attached hydrogen (secondary N) is 1. The van der Waals surface area contributed by atoms with Gasteiger partial charge in [0.1, 0.15) is 0 Å². The van der Waals surface area contributed by atoms with Crippen molar-refractivity contribution in [2.24, 2.45) is 14.1 Å². The largest absolute Gasteiger partial charge is 0.354 e. The van der Waals surface area contributed by atoms with E-state index in [4.69, 9.17) is 0 Å². The maximum Gasteiger partial charge on any atom is 0.200 e. The molecule has 5 heterocycles. The van der Waals surface area contributed by atoms with E-state index in [0.29, 0.717) is 0 Å². The van der Waals surface area contributed by atoms with Crippen LogP contribution in [-0.4, -0.2) is 19.1 Å². The second kappa shape index (κ2) is 13.2. The molecule has 0 atom stereocenters. The summed E-state index contributed by atoms with van der Waals surface area (Å²) in [5.41, 5.74) is -10.7. The van der Waals surface area contributed by atoms with Crippen LogP contribution in [0.2, 0.25) is 0 Å². The predicted molar refractivity (Wildman–Crippen MR) is 180 cm³/mol. The van der Waals surface area contributed by atoms with E-state index in [1.54, 1.807) is 0 Å². The first-order chi connectivity index (χ1) is 27.4. The zero-order valence-electron chi connectivity index (χ0n) is 28.6. The molecule has 0 fully saturated rings. The number of H-pyrrole nitrogens is 1. The van der Waals surface area contributed by atoms with Gasteiger partial charge in [-0.15, -0.1) is 0 Å². The third-order valence-electron chi connectivity index (χ3n) is 9.77. The molecule has 0 saturated carbocycles. The average molecular weight is 825 g/mol. The summed E-state index contributed by atoms with van der Waals surface area (Å²) >= 11 is 0. The van der Waals surface area contributed by atoms with Gasteiger partial charge in [0.05, 0.1) is 50.1 Å². The van der Waals surface area contributed by atoms with Gasteiger partial charge in [0, 0.05) is 41.8 Å². The van der Waals surface area contributed by atoms with Crippen LogP contribution in [0.15, 0.2) is 36.4 Å². The molecule has 0 amide bonds. The number of aryl methyl sites for hydroxylation is 2. The molecule has 3 aromatic carbocycles. The van der Waals surface area contributed by atoms with E-state index in [2.05, 4.69) is 9.97 Å². The Morgan fingerprint density at radius 2 is 0.621 bits per heavy atom. The maximum absolute atomic E-state index is 15.8. The van der Waals surface area contributed by atoms with Crippen molar-refractivity contribution in [2.75, 3.05) is 0 Å². The van der Waals surface area contributed by atoms with E-state index < -0.39 is 148 Å². The van der Waals surface area contributed by atoms with Gasteiger partial charge in [-0.05, 0) is 48.6 Å². The lowest BCUT2D eigenvalue weighted by Gasteiger charge is -2.14. The number of aromatic amines is 1. The summed E-state index contributed by atoms with van der Waals surface area (Å²) in [6.45, 7) is 0. The highest BCUT2D eigenvalue weighted by Gasteiger charge is 2.33. The molecular formula is C39H15F15N4. The molecule has 7 aromatic rings. The lowest BCUT2D eigenvalue weighted by Crippen LogP contribution is -2.06. The first-order valence-corrected chi connectivity index (χ1v) is 16.2. The van der Waals surface area contributed by atoms with Gasteiger partial charge in [0.15, 0.2) is 69.8 Å². The summed E-state index contributed by atoms with van der Waals surface area (Å²) in [5.74, 6) is -36.3. The quantitative estimate of drug-likeness (QED) is 0.108. The zero-order chi connectivity index (χ0) is 42.0. The second-order valence-corrected chi connectivity index (χ2v) is 12.8. The smallest absolute Gasteiger partial charge is 0.200 e. The second-order valence-electron chi connectivity index (χ2n) is 12.8. The summed E-state index contributed by atoms with van der Waals surface area (Å²) in [6, 6.07) is 5.99. The van der Waals surface area contributed by atoms with Crippen molar-refractivity contribution in [3.8, 4) is 33.4 Å². The molecule has 296 valence electrons. The Balaban J connectivity index is 1.70. The van der Waals surface area contributed by atoms with Gasteiger partial charge in [0.2, 0.25) is 17.5 Å². The summed E-state index contributed by atoms with van der Waals surface area (Å²) in [4.78, 5) is 6.75. The molecule has 58 heavy (non-hydrogen) atoms. The van der Waals surface area contributed by atoms with Crippen LogP contribution >= 0.6 is 0 Å². The monoisotopic (exact) mass is 824 g/mol. The lowest BCUT2D eigenvalue weighted by molar-refractivity contribution is 0.381. The topological polar surface area (TPSA) is 38.5 Å². The predicted octanol–water partition coefficient (Wildman–Crippen LogP) is 11.8. The fourth-order valence-electron chi connectivity index (χ4n) is 7.03. The van der Waals surface area contributed by atoms with Crippen molar-refractivity contribution in [2.45, 2.75) is 0 Å². The van der Waals surface area contributed by atoms with Crippen LogP contribution in [0.5, 0.6) is 0 Å². The third-order valence-corrected chi connectivity index (χ3v) is 9.77. The molecule has 0 saturated heterocycles. The van der Waals surface area contributed by atoms with Crippen molar-refractivity contribution in [3.05, 3.63) is 135 Å². The van der Waals surface area contributed by atoms with Gasteiger partial charge < -0.3 is 14.1 Å². The first kappa shape index (κ1) is 38.2. The van der Waals surface area contributed by atoms with E-state index in [1.807, 2.05) is 0 Å². The SMILES string of the molecule is Cn1c2ccc1c(-c1c(F)c(F)c(F)c(F)c1F)c1ccc(c(-c3c(F)c(F)c(F)c(F)c3F)c3ccc([nH]3)c(-c3c(F)c(F)c(F)c(F)c3F)c3nc2C=C3)n1C. The van der Waals surface area contributed by atoms with E-state index in [9.17, 15) is 39.5 Å². The van der Waals surface area contributed by atoms with Crippen molar-refractivity contribution in [1.29, 1.82) is 0 Å². The highest BCUT2D eigenvalue weighted by Crippen LogP contribution is 2.43. The first-order valence-electron chi connectivity index (χ1n) is 16.2. The summed E-state index contributed by atoms with van der Waals surface area (Å²) < 4.78 is 228. The van der Waals surface area contributed by atoms with Gasteiger partial charge in [-0.3, -0.25) is 0 Å². The molecule has 0 aliphatic carbocycles. The van der Waals surface area contributed by atoms with Crippen molar-refractivity contribution >= 4 is 45.3 Å². The number of hydrogen-bond donors (Lipinski definition) is 1. The van der Waals surface area contributed by atoms with E-state index >= 15 is 26.3 Å². The highest BCUT2D eigenvalue weighted by atomic mass is 19.2. The van der Waals surface area contributed by atoms with Gasteiger partial charge in [-0.1, -0.05) is 0 Å². The number of fused-ring (bicyclic) bond motifs is 9. The Hall–Kier alpha value is -6.66. The molecule has 19 heteroatoms. The van der Waals surface area contributed by atoms with Crippen LogP contribution in [0.4, 0.5) is 65.9 Å². The Bertz CT molecular complexity index is 3070. The lowest BCUT2D eigenvalue weighted by atomic mass is 10.0. The molecular weight excluding hydrogens is 809 g/mol. The Kier molecular flexibility index (Phi) is 8.70. The Morgan fingerprint density at radius 3 is 1.05 bits per heavy atom. The summed E-state index contributed by atoms with van der Waals surface area (Å²) in [5, 5.41) is 0. The molecule has 4 nitrogen and oxygen atoms in total. The molecule has 4 aromatic heterocycles. The van der Waals surface area contributed by atoms with Crippen molar-refractivity contribution in [1.82, 2.24) is 19.1 Å². The van der Waals surface area contributed by atoms with Crippen LogP contribution < -0.4 is 0 Å². The van der Waals surface area contributed by atoms with Crippen LogP contribution in [0.25, 0.3) is 78.6 Å². The minimum absolute atomic E-state index is 0.0236. The van der Waals surface area contributed by atoms with Gasteiger partial charge in [-0.25, -0.2) is 70.8 Å². The van der Waals surface area contributed by atoms with E-state index in [1.165, 1.54) is 19.2 Å². The minimum Gasteiger partial charge on any atom is -0.354 e. The molecule has 1 N–H and O–H groups in total. The van der Waals surface area contributed by atoms with Crippen molar-refractivity contribution < 1.29 is 65.9 Å². The summed E-state index contributed by atoms with van der Waals surface area (Å²) in [6.07, 6.45) is 2.20. The van der Waals surface area contributed by atoms with E-state index in [-0.39, 0.29) is 16.7 Å². The maximum atomic E-state index is 15.8. The van der Waals surface area contributed by atoms with Gasteiger partial charge >= 0.3 is 0 Å². The van der Waals surface area contributed by atoms with Crippen LogP contribution in [0.3, 0.4) is 0 Å². The van der Waals surface area contributed by atoms with E-state index in [0.717, 1.165) is 52.6 Å². The number of nitrogens with zero attached hydrogens (tertiary/aromatic N) is 3. The molecule has 1 aliphatic heterocycles. The fourth-order valence-corrected chi connectivity index (χ4v) is 7.03.